The van der Waals surface area contributed by atoms with E-state index < -0.39 is 0 Å². The molecule has 1 aliphatic rings. The first-order valence-corrected chi connectivity index (χ1v) is 7.80. The van der Waals surface area contributed by atoms with E-state index in [2.05, 4.69) is 24.1 Å². The van der Waals surface area contributed by atoms with E-state index in [1.807, 2.05) is 26.0 Å². The Morgan fingerprint density at radius 3 is 2.62 bits per heavy atom. The van der Waals surface area contributed by atoms with Crippen molar-refractivity contribution in [1.29, 1.82) is 10.7 Å². The average molecular weight is 283 g/mol. The molecule has 1 aromatic rings. The van der Waals surface area contributed by atoms with Crippen LogP contribution < -0.4 is 4.90 Å². The van der Waals surface area contributed by atoms with Crippen molar-refractivity contribution in [2.75, 3.05) is 11.9 Å². The van der Waals surface area contributed by atoms with E-state index in [0.717, 1.165) is 28.9 Å². The summed E-state index contributed by atoms with van der Waals surface area (Å²) in [6.45, 7) is 3.89. The molecule has 0 aliphatic heterocycles. The quantitative estimate of drug-likeness (QED) is 0.819. The van der Waals surface area contributed by atoms with Crippen LogP contribution in [-0.4, -0.2) is 18.8 Å². The Morgan fingerprint density at radius 1 is 1.43 bits per heavy atom. The van der Waals surface area contributed by atoms with Gasteiger partial charge in [0.05, 0.1) is 11.6 Å². The molecule has 2 rings (SSSR count). The summed E-state index contributed by atoms with van der Waals surface area (Å²) in [5, 5.41) is 16.9. The van der Waals surface area contributed by atoms with Crippen molar-refractivity contribution in [3.63, 3.8) is 0 Å². The Balaban J connectivity index is 2.24. The van der Waals surface area contributed by atoms with Gasteiger partial charge in [-0.3, -0.25) is 0 Å². The molecule has 0 spiro atoms. The minimum Gasteiger partial charge on any atom is -0.371 e. The molecule has 0 heterocycles. The largest absolute Gasteiger partial charge is 0.371 e. The number of aryl methyl sites for hydroxylation is 1. The lowest BCUT2D eigenvalue weighted by Gasteiger charge is -2.34. The highest BCUT2D eigenvalue weighted by Crippen LogP contribution is 2.34. The van der Waals surface area contributed by atoms with Gasteiger partial charge in [0.1, 0.15) is 0 Å². The van der Waals surface area contributed by atoms with Crippen molar-refractivity contribution >= 4 is 11.4 Å². The molecule has 1 aromatic carbocycles. The molecule has 1 aliphatic carbocycles. The van der Waals surface area contributed by atoms with Gasteiger partial charge >= 0.3 is 0 Å². The van der Waals surface area contributed by atoms with Crippen LogP contribution >= 0.6 is 0 Å². The zero-order valence-electron chi connectivity index (χ0n) is 13.3. The van der Waals surface area contributed by atoms with E-state index in [9.17, 15) is 0 Å². The number of hydrogen-bond acceptors (Lipinski definition) is 3. The minimum atomic E-state index is 0.400. The number of anilines is 1. The van der Waals surface area contributed by atoms with Crippen molar-refractivity contribution in [3.05, 3.63) is 29.3 Å². The van der Waals surface area contributed by atoms with Crippen LogP contribution in [0.25, 0.3) is 0 Å². The Kier molecular flexibility index (Phi) is 5.01. The van der Waals surface area contributed by atoms with Crippen molar-refractivity contribution in [3.8, 4) is 6.07 Å². The third-order valence-electron chi connectivity index (χ3n) is 4.69. The van der Waals surface area contributed by atoms with Gasteiger partial charge in [0, 0.05) is 30.9 Å². The van der Waals surface area contributed by atoms with E-state index in [1.165, 1.54) is 25.7 Å². The summed E-state index contributed by atoms with van der Waals surface area (Å²) < 4.78 is 0. The smallest absolute Gasteiger partial charge is 0.0994 e. The molecule has 3 nitrogen and oxygen atoms in total. The zero-order valence-corrected chi connectivity index (χ0v) is 13.3. The van der Waals surface area contributed by atoms with Crippen LogP contribution in [0.15, 0.2) is 18.2 Å². The van der Waals surface area contributed by atoms with E-state index in [4.69, 9.17) is 10.7 Å². The first kappa shape index (κ1) is 15.6. The van der Waals surface area contributed by atoms with Gasteiger partial charge in [0.15, 0.2) is 0 Å². The lowest BCUT2D eigenvalue weighted by atomic mass is 9.92. The third kappa shape index (κ3) is 3.64. The summed E-state index contributed by atoms with van der Waals surface area (Å²) in [6.07, 6.45) is 6.02. The number of nitrogens with zero attached hydrogens (tertiary/aromatic N) is 2. The van der Waals surface area contributed by atoms with E-state index >= 15 is 0 Å². The summed E-state index contributed by atoms with van der Waals surface area (Å²) in [5.74, 6) is 0.686. The van der Waals surface area contributed by atoms with Gasteiger partial charge in [0.25, 0.3) is 0 Å². The van der Waals surface area contributed by atoms with Gasteiger partial charge in [-0.1, -0.05) is 12.8 Å². The fourth-order valence-electron chi connectivity index (χ4n) is 3.46. The second-order valence-electron chi connectivity index (χ2n) is 6.32. The molecule has 0 amide bonds. The van der Waals surface area contributed by atoms with E-state index in [1.54, 1.807) is 0 Å². The fraction of sp³-hybridized carbons (Fsp3) is 0.556. The van der Waals surface area contributed by atoms with Crippen LogP contribution in [0.1, 0.15) is 50.2 Å². The molecule has 1 unspecified atom stereocenters. The predicted molar refractivity (Wildman–Crippen MR) is 88.1 cm³/mol. The number of hydrogen-bond donors (Lipinski definition) is 1. The van der Waals surface area contributed by atoms with Gasteiger partial charge in [0.2, 0.25) is 0 Å². The van der Waals surface area contributed by atoms with Crippen LogP contribution in [-0.2, 0) is 0 Å². The Hall–Kier alpha value is -1.82. The molecule has 112 valence electrons. The van der Waals surface area contributed by atoms with E-state index in [0.29, 0.717) is 12.0 Å². The summed E-state index contributed by atoms with van der Waals surface area (Å²) in [7, 11) is 2.13. The van der Waals surface area contributed by atoms with Gasteiger partial charge in [-0.15, -0.1) is 0 Å². The standard InChI is InChI=1S/C18H25N3/c1-13-10-17(9-8-16(13)12-19)21(3)18(11-14(2)20)15-6-4-5-7-15/h8-10,15,18,20H,4-7,11H2,1-3H3. The normalized spacial score (nSPS) is 16.5. The predicted octanol–water partition coefficient (Wildman–Crippen LogP) is 4.29. The molecule has 0 bridgehead atoms. The number of rotatable bonds is 5. The lowest BCUT2D eigenvalue weighted by Crippen LogP contribution is -2.38. The topological polar surface area (TPSA) is 50.9 Å². The van der Waals surface area contributed by atoms with Crippen LogP contribution in [0.5, 0.6) is 0 Å². The maximum Gasteiger partial charge on any atom is 0.0994 e. The van der Waals surface area contributed by atoms with Crippen LogP contribution in [0.4, 0.5) is 5.69 Å². The monoisotopic (exact) mass is 283 g/mol. The lowest BCUT2D eigenvalue weighted by molar-refractivity contribution is 0.424. The Morgan fingerprint density at radius 2 is 2.10 bits per heavy atom. The van der Waals surface area contributed by atoms with Crippen LogP contribution in [0.2, 0.25) is 0 Å². The van der Waals surface area contributed by atoms with Crippen molar-refractivity contribution in [2.45, 2.75) is 52.0 Å². The van der Waals surface area contributed by atoms with Gasteiger partial charge in [-0.25, -0.2) is 0 Å². The SMILES string of the molecule is CC(=N)CC(C1CCCC1)N(C)c1ccc(C#N)c(C)c1. The first-order valence-electron chi connectivity index (χ1n) is 7.80. The average Bonchev–Trinajstić information content (AvgIpc) is 2.97. The molecule has 1 atom stereocenters. The number of nitriles is 1. The van der Waals surface area contributed by atoms with Gasteiger partial charge in [-0.05, 0) is 56.4 Å². The molecule has 0 aromatic heterocycles. The highest BCUT2D eigenvalue weighted by molar-refractivity contribution is 5.79. The second-order valence-corrected chi connectivity index (χ2v) is 6.32. The van der Waals surface area contributed by atoms with E-state index in [-0.39, 0.29) is 0 Å². The molecule has 0 saturated heterocycles. The van der Waals surface area contributed by atoms with Crippen molar-refractivity contribution in [2.24, 2.45) is 5.92 Å². The fourth-order valence-corrected chi connectivity index (χ4v) is 3.46. The summed E-state index contributed by atoms with van der Waals surface area (Å²) >= 11 is 0. The second kappa shape index (κ2) is 6.76. The molecular weight excluding hydrogens is 258 g/mol. The molecule has 1 saturated carbocycles. The number of nitrogens with one attached hydrogen (secondary N) is 1. The third-order valence-corrected chi connectivity index (χ3v) is 4.69. The highest BCUT2D eigenvalue weighted by Gasteiger charge is 2.28. The molecule has 0 radical (unpaired) electrons. The van der Waals surface area contributed by atoms with Crippen LogP contribution in [0.3, 0.4) is 0 Å². The molecule has 3 heteroatoms. The molecule has 21 heavy (non-hydrogen) atoms. The van der Waals surface area contributed by atoms with Crippen molar-refractivity contribution in [1.82, 2.24) is 0 Å². The highest BCUT2D eigenvalue weighted by atomic mass is 15.1. The maximum absolute atomic E-state index is 9.06. The molecule has 1 N–H and O–H groups in total. The summed E-state index contributed by atoms with van der Waals surface area (Å²) in [4.78, 5) is 2.32. The zero-order chi connectivity index (χ0) is 15.4. The first-order chi connectivity index (χ1) is 10.0. The van der Waals surface area contributed by atoms with Gasteiger partial charge in [-0.2, -0.15) is 5.26 Å². The minimum absolute atomic E-state index is 0.400. The number of benzene rings is 1. The Labute approximate surface area is 128 Å². The van der Waals surface area contributed by atoms with Crippen LogP contribution in [0, 0.1) is 29.6 Å². The Bertz CT molecular complexity index is 550. The molecular formula is C18H25N3. The summed E-state index contributed by atoms with van der Waals surface area (Å²) in [6, 6.07) is 8.66. The summed E-state index contributed by atoms with van der Waals surface area (Å²) in [5.41, 5.74) is 3.68. The maximum atomic E-state index is 9.06. The van der Waals surface area contributed by atoms with Gasteiger partial charge < -0.3 is 10.3 Å². The van der Waals surface area contributed by atoms with Crippen molar-refractivity contribution < 1.29 is 0 Å². The molecule has 1 fully saturated rings.